The molecule has 4 nitrogen and oxygen atoms in total. The van der Waals surface area contributed by atoms with Crippen LogP contribution in [0.3, 0.4) is 0 Å². The lowest BCUT2D eigenvalue weighted by molar-refractivity contribution is 0.0953. The summed E-state index contributed by atoms with van der Waals surface area (Å²) in [6.07, 6.45) is 0.679. The van der Waals surface area contributed by atoms with Crippen LogP contribution in [0.4, 0.5) is 0 Å². The van der Waals surface area contributed by atoms with Gasteiger partial charge in [-0.05, 0) is 20.8 Å². The zero-order valence-electron chi connectivity index (χ0n) is 9.27. The molecule has 1 aromatic heterocycles. The predicted molar refractivity (Wildman–Crippen MR) is 58.5 cm³/mol. The van der Waals surface area contributed by atoms with Crippen molar-refractivity contribution in [3.8, 4) is 11.8 Å². The van der Waals surface area contributed by atoms with Crippen molar-refractivity contribution in [1.82, 2.24) is 15.5 Å². The molecule has 0 fully saturated rings. The minimum absolute atomic E-state index is 0.0864. The van der Waals surface area contributed by atoms with E-state index in [1.807, 2.05) is 13.8 Å². The number of hydrogen-bond acceptors (Lipinski definition) is 2. The van der Waals surface area contributed by atoms with E-state index in [4.69, 9.17) is 0 Å². The highest BCUT2D eigenvalue weighted by atomic mass is 16.1. The molecule has 1 rings (SSSR count). The van der Waals surface area contributed by atoms with Gasteiger partial charge in [0.2, 0.25) is 0 Å². The van der Waals surface area contributed by atoms with E-state index in [9.17, 15) is 4.79 Å². The summed E-state index contributed by atoms with van der Waals surface area (Å²) in [7, 11) is 0. The normalized spacial score (nSPS) is 9.27. The first kappa shape index (κ1) is 11.3. The summed E-state index contributed by atoms with van der Waals surface area (Å²) in [5, 5.41) is 9.55. The summed E-state index contributed by atoms with van der Waals surface area (Å²) in [5.74, 6) is 5.58. The summed E-state index contributed by atoms with van der Waals surface area (Å²) in [6.45, 7) is 6.00. The average Bonchev–Trinajstić information content (AvgIpc) is 2.53. The Morgan fingerprint density at radius 1 is 1.53 bits per heavy atom. The van der Waals surface area contributed by atoms with Crippen LogP contribution < -0.4 is 5.32 Å². The lowest BCUT2D eigenvalue weighted by Crippen LogP contribution is -2.25. The zero-order chi connectivity index (χ0) is 11.3. The molecule has 15 heavy (non-hydrogen) atoms. The molecule has 0 aliphatic heterocycles. The lowest BCUT2D eigenvalue weighted by Gasteiger charge is -2.02. The van der Waals surface area contributed by atoms with Gasteiger partial charge in [-0.2, -0.15) is 5.10 Å². The third kappa shape index (κ3) is 2.84. The van der Waals surface area contributed by atoms with Gasteiger partial charge in [-0.3, -0.25) is 9.89 Å². The van der Waals surface area contributed by atoms with Crippen LogP contribution in [0.2, 0.25) is 0 Å². The molecule has 2 N–H and O–H groups in total. The van der Waals surface area contributed by atoms with Gasteiger partial charge in [-0.1, -0.05) is 0 Å². The number of amides is 1. The van der Waals surface area contributed by atoms with Gasteiger partial charge in [0.15, 0.2) is 0 Å². The first-order chi connectivity index (χ1) is 7.16. The van der Waals surface area contributed by atoms with Gasteiger partial charge < -0.3 is 5.32 Å². The Kier molecular flexibility index (Phi) is 3.92. The van der Waals surface area contributed by atoms with E-state index in [1.165, 1.54) is 0 Å². The van der Waals surface area contributed by atoms with Crippen molar-refractivity contribution in [2.75, 3.05) is 6.54 Å². The van der Waals surface area contributed by atoms with Crippen molar-refractivity contribution in [1.29, 1.82) is 0 Å². The molecule has 1 aromatic rings. The molecule has 0 aromatic carbocycles. The molecule has 0 saturated heterocycles. The van der Waals surface area contributed by atoms with Crippen LogP contribution in [0.1, 0.15) is 35.1 Å². The van der Waals surface area contributed by atoms with E-state index in [2.05, 4.69) is 27.4 Å². The molecule has 80 valence electrons. The number of aryl methyl sites for hydroxylation is 2. The van der Waals surface area contributed by atoms with Crippen molar-refractivity contribution in [3.05, 3.63) is 17.0 Å². The van der Waals surface area contributed by atoms with Gasteiger partial charge >= 0.3 is 0 Å². The monoisotopic (exact) mass is 205 g/mol. The number of carbonyl (C=O) groups is 1. The van der Waals surface area contributed by atoms with E-state index in [0.717, 1.165) is 11.4 Å². The second-order valence-electron chi connectivity index (χ2n) is 3.24. The molecule has 0 unspecified atom stereocenters. The second kappa shape index (κ2) is 5.20. The molecule has 1 amide bonds. The number of hydrogen-bond donors (Lipinski definition) is 2. The van der Waals surface area contributed by atoms with Crippen LogP contribution in [0.15, 0.2) is 0 Å². The van der Waals surface area contributed by atoms with E-state index >= 15 is 0 Å². The molecule has 0 bridgehead atoms. The van der Waals surface area contributed by atoms with Gasteiger partial charge in [0.25, 0.3) is 5.91 Å². The maximum absolute atomic E-state index is 11.7. The highest BCUT2D eigenvalue weighted by Crippen LogP contribution is 2.08. The fourth-order valence-electron chi connectivity index (χ4n) is 1.34. The molecule has 0 saturated carbocycles. The van der Waals surface area contributed by atoms with Crippen LogP contribution in [0, 0.1) is 25.7 Å². The van der Waals surface area contributed by atoms with Gasteiger partial charge in [-0.25, -0.2) is 0 Å². The minimum atomic E-state index is -0.0864. The summed E-state index contributed by atoms with van der Waals surface area (Å²) >= 11 is 0. The number of carbonyl (C=O) groups excluding carboxylic acids is 1. The highest BCUT2D eigenvalue weighted by molar-refractivity contribution is 5.96. The van der Waals surface area contributed by atoms with Crippen molar-refractivity contribution in [2.45, 2.75) is 27.2 Å². The molecule has 0 aliphatic rings. The first-order valence-electron chi connectivity index (χ1n) is 4.86. The van der Waals surface area contributed by atoms with Gasteiger partial charge in [-0.15, -0.1) is 11.8 Å². The third-order valence-electron chi connectivity index (χ3n) is 2.07. The van der Waals surface area contributed by atoms with Crippen molar-refractivity contribution in [2.24, 2.45) is 0 Å². The largest absolute Gasteiger partial charge is 0.351 e. The maximum atomic E-state index is 11.7. The SMILES string of the molecule is CC#CCCNC(=O)c1c(C)n[nH]c1C. The van der Waals surface area contributed by atoms with Crippen molar-refractivity contribution >= 4 is 5.91 Å². The van der Waals surface area contributed by atoms with Gasteiger partial charge in [0, 0.05) is 18.7 Å². The first-order valence-corrected chi connectivity index (χ1v) is 4.86. The minimum Gasteiger partial charge on any atom is -0.351 e. The molecule has 0 radical (unpaired) electrons. The molecular formula is C11H15N3O. The average molecular weight is 205 g/mol. The summed E-state index contributed by atoms with van der Waals surface area (Å²) in [5.41, 5.74) is 2.16. The van der Waals surface area contributed by atoms with E-state index in [1.54, 1.807) is 6.92 Å². The summed E-state index contributed by atoms with van der Waals surface area (Å²) in [6, 6.07) is 0. The fourth-order valence-corrected chi connectivity index (χ4v) is 1.34. The van der Waals surface area contributed by atoms with Gasteiger partial charge in [0.1, 0.15) is 0 Å². The molecule has 0 spiro atoms. The van der Waals surface area contributed by atoms with E-state index < -0.39 is 0 Å². The van der Waals surface area contributed by atoms with Crippen LogP contribution >= 0.6 is 0 Å². The number of nitrogens with zero attached hydrogens (tertiary/aromatic N) is 1. The Morgan fingerprint density at radius 2 is 2.27 bits per heavy atom. The number of rotatable bonds is 3. The lowest BCUT2D eigenvalue weighted by atomic mass is 10.2. The standard InChI is InChI=1S/C11H15N3O/c1-4-5-6-7-12-11(15)10-8(2)13-14-9(10)3/h6-7H2,1-3H3,(H,12,15)(H,13,14). The summed E-state index contributed by atoms with van der Waals surface area (Å²) in [4.78, 5) is 11.7. The topological polar surface area (TPSA) is 57.8 Å². The van der Waals surface area contributed by atoms with Crippen molar-refractivity contribution in [3.63, 3.8) is 0 Å². The summed E-state index contributed by atoms with van der Waals surface area (Å²) < 4.78 is 0. The highest BCUT2D eigenvalue weighted by Gasteiger charge is 2.13. The van der Waals surface area contributed by atoms with E-state index in [-0.39, 0.29) is 5.91 Å². The van der Waals surface area contributed by atoms with Crippen LogP contribution in [-0.4, -0.2) is 22.6 Å². The number of H-pyrrole nitrogens is 1. The Balaban J connectivity index is 2.56. The maximum Gasteiger partial charge on any atom is 0.255 e. The van der Waals surface area contributed by atoms with Crippen LogP contribution in [0.25, 0.3) is 0 Å². The Labute approximate surface area is 89.5 Å². The number of nitrogens with one attached hydrogen (secondary N) is 2. The molecule has 1 heterocycles. The number of aromatic nitrogens is 2. The molecule has 0 aliphatic carbocycles. The number of aromatic amines is 1. The molecule has 0 atom stereocenters. The Hall–Kier alpha value is -1.76. The Morgan fingerprint density at radius 3 is 2.80 bits per heavy atom. The smallest absolute Gasteiger partial charge is 0.255 e. The van der Waals surface area contributed by atoms with Crippen molar-refractivity contribution < 1.29 is 4.79 Å². The Bertz CT molecular complexity index is 390. The van der Waals surface area contributed by atoms with Crippen LogP contribution in [0.5, 0.6) is 0 Å². The van der Waals surface area contributed by atoms with E-state index in [0.29, 0.717) is 18.5 Å². The zero-order valence-corrected chi connectivity index (χ0v) is 9.27. The van der Waals surface area contributed by atoms with Crippen LogP contribution in [-0.2, 0) is 0 Å². The third-order valence-corrected chi connectivity index (χ3v) is 2.07. The van der Waals surface area contributed by atoms with Gasteiger partial charge in [0.05, 0.1) is 11.3 Å². The molecular weight excluding hydrogens is 190 g/mol. The quantitative estimate of drug-likeness (QED) is 0.575. The molecule has 4 heteroatoms. The second-order valence-corrected chi connectivity index (χ2v) is 3.24. The fraction of sp³-hybridized carbons (Fsp3) is 0.455. The predicted octanol–water partition coefficient (Wildman–Crippen LogP) is 1.17.